The van der Waals surface area contributed by atoms with Crippen LogP contribution in [0.2, 0.25) is 0 Å². The van der Waals surface area contributed by atoms with E-state index in [1.807, 2.05) is 6.92 Å². The minimum atomic E-state index is 0.357. The molecule has 11 heavy (non-hydrogen) atoms. The van der Waals surface area contributed by atoms with Gasteiger partial charge in [0.25, 0.3) is 0 Å². The zero-order valence-corrected chi connectivity index (χ0v) is 6.28. The molecular formula is C7H10N2O2. The van der Waals surface area contributed by atoms with Gasteiger partial charge in [0, 0.05) is 12.1 Å². The standard InChI is InChI=1S/C7H10N2O2/c1-2-10-6-4-3-5-7(9-6)11-8/h3-5H,2,8H2,1H3. The summed E-state index contributed by atoms with van der Waals surface area (Å²) >= 11 is 0. The lowest BCUT2D eigenvalue weighted by molar-refractivity contribution is 0.295. The maximum absolute atomic E-state index is 5.10. The molecule has 1 aromatic rings. The van der Waals surface area contributed by atoms with Gasteiger partial charge in [0.05, 0.1) is 6.61 Å². The number of rotatable bonds is 3. The fourth-order valence-corrected chi connectivity index (χ4v) is 0.690. The van der Waals surface area contributed by atoms with Crippen molar-refractivity contribution in [2.24, 2.45) is 5.90 Å². The molecule has 2 N–H and O–H groups in total. The quantitative estimate of drug-likeness (QED) is 0.652. The van der Waals surface area contributed by atoms with Gasteiger partial charge in [-0.2, -0.15) is 10.9 Å². The van der Waals surface area contributed by atoms with Crippen molar-refractivity contribution < 1.29 is 9.57 Å². The highest BCUT2D eigenvalue weighted by atomic mass is 16.6. The molecule has 0 amide bonds. The summed E-state index contributed by atoms with van der Waals surface area (Å²) in [7, 11) is 0. The fourth-order valence-electron chi connectivity index (χ4n) is 0.690. The van der Waals surface area contributed by atoms with Crippen molar-refractivity contribution in [3.8, 4) is 11.8 Å². The van der Waals surface area contributed by atoms with Crippen molar-refractivity contribution in [3.05, 3.63) is 18.2 Å². The van der Waals surface area contributed by atoms with Gasteiger partial charge < -0.3 is 9.57 Å². The first-order valence-corrected chi connectivity index (χ1v) is 3.33. The lowest BCUT2D eigenvalue weighted by Crippen LogP contribution is -2.04. The van der Waals surface area contributed by atoms with Crippen LogP contribution >= 0.6 is 0 Å². The van der Waals surface area contributed by atoms with E-state index in [9.17, 15) is 0 Å². The first-order valence-electron chi connectivity index (χ1n) is 3.33. The second kappa shape index (κ2) is 3.78. The van der Waals surface area contributed by atoms with E-state index in [4.69, 9.17) is 10.6 Å². The number of hydrogen-bond donors (Lipinski definition) is 1. The molecule has 0 aliphatic heterocycles. The maximum atomic E-state index is 5.10. The first-order chi connectivity index (χ1) is 5.36. The van der Waals surface area contributed by atoms with E-state index in [0.717, 1.165) is 0 Å². The number of nitrogens with zero attached hydrogens (tertiary/aromatic N) is 1. The van der Waals surface area contributed by atoms with Crippen molar-refractivity contribution in [1.82, 2.24) is 4.98 Å². The first kappa shape index (κ1) is 7.81. The van der Waals surface area contributed by atoms with Crippen molar-refractivity contribution >= 4 is 0 Å². The molecule has 1 heterocycles. The van der Waals surface area contributed by atoms with E-state index < -0.39 is 0 Å². The second-order valence-electron chi connectivity index (χ2n) is 1.86. The normalized spacial score (nSPS) is 9.27. The summed E-state index contributed by atoms with van der Waals surface area (Å²) in [6, 6.07) is 5.16. The van der Waals surface area contributed by atoms with E-state index >= 15 is 0 Å². The van der Waals surface area contributed by atoms with Crippen LogP contribution in [0.25, 0.3) is 0 Å². The minimum absolute atomic E-state index is 0.357. The molecule has 0 saturated heterocycles. The van der Waals surface area contributed by atoms with Crippen molar-refractivity contribution in [2.45, 2.75) is 6.92 Å². The summed E-state index contributed by atoms with van der Waals surface area (Å²) in [5.41, 5.74) is 0. The zero-order chi connectivity index (χ0) is 8.10. The zero-order valence-electron chi connectivity index (χ0n) is 6.28. The topological polar surface area (TPSA) is 57.4 Å². The highest BCUT2D eigenvalue weighted by Gasteiger charge is 1.95. The maximum Gasteiger partial charge on any atom is 0.240 e. The highest BCUT2D eigenvalue weighted by molar-refractivity contribution is 5.19. The molecule has 4 heteroatoms. The molecule has 0 unspecified atom stereocenters. The van der Waals surface area contributed by atoms with Crippen LogP contribution in [-0.4, -0.2) is 11.6 Å². The van der Waals surface area contributed by atoms with Gasteiger partial charge in [0.15, 0.2) is 0 Å². The van der Waals surface area contributed by atoms with Gasteiger partial charge in [-0.1, -0.05) is 6.07 Å². The van der Waals surface area contributed by atoms with E-state index in [-0.39, 0.29) is 0 Å². The van der Waals surface area contributed by atoms with E-state index in [2.05, 4.69) is 9.82 Å². The van der Waals surface area contributed by atoms with Crippen molar-refractivity contribution in [1.29, 1.82) is 0 Å². The molecule has 4 nitrogen and oxygen atoms in total. The molecule has 0 spiro atoms. The lowest BCUT2D eigenvalue weighted by atomic mass is 10.5. The molecule has 0 fully saturated rings. The Balaban J connectivity index is 2.74. The Morgan fingerprint density at radius 2 is 2.18 bits per heavy atom. The van der Waals surface area contributed by atoms with E-state index in [0.29, 0.717) is 18.4 Å². The molecule has 0 atom stereocenters. The summed E-state index contributed by atoms with van der Waals surface area (Å²) in [5.74, 6) is 5.78. The molecule has 1 aromatic heterocycles. The smallest absolute Gasteiger partial charge is 0.240 e. The predicted octanol–water partition coefficient (Wildman–Crippen LogP) is 0.733. The van der Waals surface area contributed by atoms with Crippen molar-refractivity contribution in [2.75, 3.05) is 6.61 Å². The van der Waals surface area contributed by atoms with Gasteiger partial charge in [-0.15, -0.1) is 0 Å². The molecule has 60 valence electrons. The highest BCUT2D eigenvalue weighted by Crippen LogP contribution is 2.11. The lowest BCUT2D eigenvalue weighted by Gasteiger charge is -2.01. The van der Waals surface area contributed by atoms with Gasteiger partial charge in [-0.3, -0.25) is 0 Å². The average molecular weight is 154 g/mol. The number of aromatic nitrogens is 1. The Hall–Kier alpha value is -1.29. The molecule has 0 aliphatic rings. The van der Waals surface area contributed by atoms with Gasteiger partial charge in [-0.05, 0) is 6.92 Å². The second-order valence-corrected chi connectivity index (χ2v) is 1.86. The fraction of sp³-hybridized carbons (Fsp3) is 0.286. The van der Waals surface area contributed by atoms with E-state index in [1.165, 1.54) is 0 Å². The summed E-state index contributed by atoms with van der Waals surface area (Å²) in [6.07, 6.45) is 0. The molecule has 0 aliphatic carbocycles. The Kier molecular flexibility index (Phi) is 2.68. The van der Waals surface area contributed by atoms with Crippen molar-refractivity contribution in [3.63, 3.8) is 0 Å². The van der Waals surface area contributed by atoms with Crippen LogP contribution in [0.3, 0.4) is 0 Å². The van der Waals surface area contributed by atoms with Gasteiger partial charge in [-0.25, -0.2) is 0 Å². The third-order valence-electron chi connectivity index (χ3n) is 1.11. The van der Waals surface area contributed by atoms with Crippen LogP contribution in [0.1, 0.15) is 6.92 Å². The number of nitrogens with two attached hydrogens (primary N) is 1. The minimum Gasteiger partial charge on any atom is -0.478 e. The number of ether oxygens (including phenoxy) is 1. The molecule has 0 bridgehead atoms. The van der Waals surface area contributed by atoms with Crippen LogP contribution in [0.15, 0.2) is 18.2 Å². The predicted molar refractivity (Wildman–Crippen MR) is 40.2 cm³/mol. The monoisotopic (exact) mass is 154 g/mol. The Morgan fingerprint density at radius 1 is 1.45 bits per heavy atom. The molecule has 0 saturated carbocycles. The number of hydrogen-bond acceptors (Lipinski definition) is 4. The molecule has 0 aromatic carbocycles. The molecule has 0 radical (unpaired) electrons. The van der Waals surface area contributed by atoms with Gasteiger partial charge in [0.2, 0.25) is 11.8 Å². The Labute approximate surface area is 64.9 Å². The van der Waals surface area contributed by atoms with Crippen LogP contribution in [-0.2, 0) is 0 Å². The van der Waals surface area contributed by atoms with Gasteiger partial charge >= 0.3 is 0 Å². The third-order valence-corrected chi connectivity index (χ3v) is 1.11. The Bertz CT molecular complexity index is 227. The summed E-state index contributed by atoms with van der Waals surface area (Å²) in [4.78, 5) is 8.32. The third kappa shape index (κ3) is 2.09. The summed E-state index contributed by atoms with van der Waals surface area (Å²) < 4.78 is 5.10. The van der Waals surface area contributed by atoms with Crippen LogP contribution in [0.5, 0.6) is 11.8 Å². The average Bonchev–Trinajstić information content (AvgIpc) is 2.06. The Morgan fingerprint density at radius 3 is 2.82 bits per heavy atom. The largest absolute Gasteiger partial charge is 0.478 e. The van der Waals surface area contributed by atoms with Crippen LogP contribution in [0.4, 0.5) is 0 Å². The molecular weight excluding hydrogens is 144 g/mol. The summed E-state index contributed by atoms with van der Waals surface area (Å²) in [6.45, 7) is 2.47. The van der Waals surface area contributed by atoms with Gasteiger partial charge in [0.1, 0.15) is 0 Å². The number of pyridine rings is 1. The summed E-state index contributed by atoms with van der Waals surface area (Å²) in [5, 5.41) is 0. The molecule has 1 rings (SSSR count). The SMILES string of the molecule is CCOc1cccc(ON)n1. The van der Waals surface area contributed by atoms with Crippen LogP contribution < -0.4 is 15.5 Å². The van der Waals surface area contributed by atoms with E-state index in [1.54, 1.807) is 18.2 Å². The van der Waals surface area contributed by atoms with Crippen LogP contribution in [0, 0.1) is 0 Å².